The predicted molar refractivity (Wildman–Crippen MR) is 92.9 cm³/mol. The third-order valence-electron chi connectivity index (χ3n) is 3.71. The van der Waals surface area contributed by atoms with E-state index < -0.39 is 18.7 Å². The van der Waals surface area contributed by atoms with E-state index in [2.05, 4.69) is 23.5 Å². The second kappa shape index (κ2) is 17.3. The van der Waals surface area contributed by atoms with Gasteiger partial charge in [0.1, 0.15) is 12.7 Å². The first-order valence-electron chi connectivity index (χ1n) is 9.15. The van der Waals surface area contributed by atoms with Crippen molar-refractivity contribution in [3.8, 4) is 11.8 Å². The number of hydrogen-bond acceptors (Lipinski definition) is 4. The van der Waals surface area contributed by atoms with Gasteiger partial charge in [-0.1, -0.05) is 77.1 Å². The zero-order chi connectivity index (χ0) is 17.2. The monoisotopic (exact) mass is 326 g/mol. The molecule has 4 nitrogen and oxygen atoms in total. The molecule has 0 aliphatic carbocycles. The van der Waals surface area contributed by atoms with Crippen LogP contribution in [0.25, 0.3) is 0 Å². The van der Waals surface area contributed by atoms with Gasteiger partial charge in [0.05, 0.1) is 6.61 Å². The summed E-state index contributed by atoms with van der Waals surface area (Å²) >= 11 is 0. The van der Waals surface area contributed by atoms with Crippen molar-refractivity contribution in [1.29, 1.82) is 0 Å². The van der Waals surface area contributed by atoms with E-state index in [0.29, 0.717) is 6.42 Å². The second-order valence-electron chi connectivity index (χ2n) is 6.02. The molecule has 0 aliphatic heterocycles. The highest BCUT2D eigenvalue weighted by Gasteiger charge is 2.04. The lowest BCUT2D eigenvalue weighted by atomic mass is 10.1. The van der Waals surface area contributed by atoms with Gasteiger partial charge in [-0.2, -0.15) is 0 Å². The van der Waals surface area contributed by atoms with Crippen molar-refractivity contribution in [2.75, 3.05) is 13.2 Å². The van der Waals surface area contributed by atoms with Crippen LogP contribution in [0.3, 0.4) is 0 Å². The van der Waals surface area contributed by atoms with Gasteiger partial charge in [0.15, 0.2) is 0 Å². The van der Waals surface area contributed by atoms with Crippen LogP contribution in [0.1, 0.15) is 84.0 Å². The number of unbranched alkanes of at least 4 members (excludes halogenated alkanes) is 11. The zero-order valence-corrected chi connectivity index (χ0v) is 14.7. The van der Waals surface area contributed by atoms with Gasteiger partial charge < -0.3 is 14.9 Å². The summed E-state index contributed by atoms with van der Waals surface area (Å²) in [5.41, 5.74) is 0. The van der Waals surface area contributed by atoms with Crippen LogP contribution >= 0.6 is 0 Å². The molecule has 0 aromatic rings. The summed E-state index contributed by atoms with van der Waals surface area (Å²) < 4.78 is 4.68. The number of hydrogen-bond donors (Lipinski definition) is 2. The van der Waals surface area contributed by atoms with Crippen molar-refractivity contribution in [2.45, 2.75) is 90.1 Å². The van der Waals surface area contributed by atoms with Crippen LogP contribution in [0, 0.1) is 11.8 Å². The van der Waals surface area contributed by atoms with Gasteiger partial charge in [-0.05, 0) is 6.42 Å². The van der Waals surface area contributed by atoms with E-state index in [1.165, 1.54) is 57.8 Å². The highest BCUT2D eigenvalue weighted by atomic mass is 16.5. The Hall–Kier alpha value is -1.05. The number of carbonyl (C=O) groups is 1. The molecule has 0 amide bonds. The topological polar surface area (TPSA) is 66.8 Å². The molecule has 0 aromatic carbocycles. The summed E-state index contributed by atoms with van der Waals surface area (Å²) in [6.07, 6.45) is 13.9. The Morgan fingerprint density at radius 1 is 0.957 bits per heavy atom. The summed E-state index contributed by atoms with van der Waals surface area (Å²) in [4.78, 5) is 11.2. The Bertz CT molecular complexity index is 330. The van der Waals surface area contributed by atoms with E-state index in [-0.39, 0.29) is 6.61 Å². The molecule has 0 aromatic heterocycles. The molecule has 0 spiro atoms. The van der Waals surface area contributed by atoms with Crippen molar-refractivity contribution in [3.05, 3.63) is 0 Å². The van der Waals surface area contributed by atoms with E-state index in [1.54, 1.807) is 0 Å². The average molecular weight is 326 g/mol. The van der Waals surface area contributed by atoms with Crippen LogP contribution in [0.15, 0.2) is 0 Å². The van der Waals surface area contributed by atoms with E-state index in [1.807, 2.05) is 0 Å². The van der Waals surface area contributed by atoms with Crippen molar-refractivity contribution < 1.29 is 19.7 Å². The first kappa shape index (κ1) is 21.9. The first-order valence-corrected chi connectivity index (χ1v) is 9.15. The van der Waals surface area contributed by atoms with Gasteiger partial charge >= 0.3 is 5.97 Å². The molecule has 0 saturated heterocycles. The Balaban J connectivity index is 3.30. The maximum atomic E-state index is 11.2. The first-order chi connectivity index (χ1) is 11.2. The van der Waals surface area contributed by atoms with E-state index in [9.17, 15) is 4.79 Å². The fourth-order valence-corrected chi connectivity index (χ4v) is 2.27. The molecule has 0 radical (unpaired) electrons. The van der Waals surface area contributed by atoms with Crippen molar-refractivity contribution in [2.24, 2.45) is 0 Å². The standard InChI is InChI=1S/C19H34O4/c1-2-3-4-5-6-7-8-9-10-11-12-13-14-15-19(22)23-17-18(21)16-20/h18,20-21H,2-13,16-17H2,1H3. The highest BCUT2D eigenvalue weighted by Crippen LogP contribution is 2.11. The van der Waals surface area contributed by atoms with E-state index >= 15 is 0 Å². The lowest BCUT2D eigenvalue weighted by Crippen LogP contribution is -2.21. The normalized spacial score (nSPS) is 11.6. The zero-order valence-electron chi connectivity index (χ0n) is 14.7. The molecular formula is C19H34O4. The molecule has 2 N–H and O–H groups in total. The lowest BCUT2D eigenvalue weighted by molar-refractivity contribution is -0.140. The lowest BCUT2D eigenvalue weighted by Gasteiger charge is -2.04. The fraction of sp³-hybridized carbons (Fsp3) is 0.842. The second-order valence-corrected chi connectivity index (χ2v) is 6.02. The Labute approximate surface area is 141 Å². The Morgan fingerprint density at radius 3 is 2.00 bits per heavy atom. The summed E-state index contributed by atoms with van der Waals surface area (Å²) in [5, 5.41) is 17.6. The molecule has 23 heavy (non-hydrogen) atoms. The van der Waals surface area contributed by atoms with Gasteiger partial charge in [-0.15, -0.1) is 0 Å². The molecule has 1 unspecified atom stereocenters. The van der Waals surface area contributed by atoms with Gasteiger partial charge in [-0.3, -0.25) is 0 Å². The molecule has 134 valence electrons. The molecular weight excluding hydrogens is 292 g/mol. The SMILES string of the molecule is CCCCCCCCCCCCCC#CC(=O)OCC(O)CO. The number of ether oxygens (including phenoxy) is 1. The maximum absolute atomic E-state index is 11.2. The van der Waals surface area contributed by atoms with Crippen LogP contribution in [0.5, 0.6) is 0 Å². The number of aliphatic hydroxyl groups excluding tert-OH is 2. The minimum atomic E-state index is -1.02. The van der Waals surface area contributed by atoms with Crippen LogP contribution in [0.2, 0.25) is 0 Å². The van der Waals surface area contributed by atoms with Gasteiger partial charge in [0, 0.05) is 12.3 Å². The van der Waals surface area contributed by atoms with Crippen LogP contribution < -0.4 is 0 Å². The van der Waals surface area contributed by atoms with Gasteiger partial charge in [0.2, 0.25) is 0 Å². The van der Waals surface area contributed by atoms with Crippen LogP contribution in [-0.4, -0.2) is 35.5 Å². The molecule has 0 aliphatic rings. The summed E-state index contributed by atoms with van der Waals surface area (Å²) in [7, 11) is 0. The molecule has 4 heteroatoms. The molecule has 0 bridgehead atoms. The average Bonchev–Trinajstić information content (AvgIpc) is 2.56. The molecule has 1 atom stereocenters. The highest BCUT2D eigenvalue weighted by molar-refractivity contribution is 5.88. The van der Waals surface area contributed by atoms with Crippen molar-refractivity contribution in [3.63, 3.8) is 0 Å². The summed E-state index contributed by atoms with van der Waals surface area (Å²) in [6, 6.07) is 0. The predicted octanol–water partition coefficient (Wildman–Crippen LogP) is 3.59. The van der Waals surface area contributed by atoms with Crippen molar-refractivity contribution >= 4 is 5.97 Å². The maximum Gasteiger partial charge on any atom is 0.384 e. The third kappa shape index (κ3) is 17.1. The number of carbonyl (C=O) groups excluding carboxylic acids is 1. The molecule has 0 saturated carbocycles. The molecule has 0 heterocycles. The smallest absolute Gasteiger partial charge is 0.384 e. The number of esters is 1. The van der Waals surface area contributed by atoms with Gasteiger partial charge in [-0.25, -0.2) is 4.79 Å². The number of aliphatic hydroxyl groups is 2. The minimum Gasteiger partial charge on any atom is -0.453 e. The van der Waals surface area contributed by atoms with Gasteiger partial charge in [0.25, 0.3) is 0 Å². The third-order valence-corrected chi connectivity index (χ3v) is 3.71. The minimum absolute atomic E-state index is 0.206. The van der Waals surface area contributed by atoms with Crippen LogP contribution in [-0.2, 0) is 9.53 Å². The summed E-state index contributed by atoms with van der Waals surface area (Å²) in [5.74, 6) is 4.54. The molecule has 0 fully saturated rings. The largest absolute Gasteiger partial charge is 0.453 e. The fourth-order valence-electron chi connectivity index (χ4n) is 2.27. The quantitative estimate of drug-likeness (QED) is 0.222. The molecule has 0 rings (SSSR count). The number of rotatable bonds is 14. The van der Waals surface area contributed by atoms with Crippen LogP contribution in [0.4, 0.5) is 0 Å². The van der Waals surface area contributed by atoms with E-state index in [0.717, 1.165) is 12.8 Å². The van der Waals surface area contributed by atoms with E-state index in [4.69, 9.17) is 10.2 Å². The van der Waals surface area contributed by atoms with Crippen molar-refractivity contribution in [1.82, 2.24) is 0 Å². The Morgan fingerprint density at radius 2 is 1.48 bits per heavy atom. The Kier molecular flexibility index (Phi) is 16.5. The summed E-state index contributed by atoms with van der Waals surface area (Å²) in [6.45, 7) is 1.62.